The van der Waals surface area contributed by atoms with Crippen LogP contribution in [-0.4, -0.2) is 17.0 Å². The molecular weight excluding hydrogens is 302 g/mol. The van der Waals surface area contributed by atoms with Gasteiger partial charge in [-0.05, 0) is 35.9 Å². The first-order chi connectivity index (χ1) is 10.6. The lowest BCUT2D eigenvalue weighted by atomic mass is 10.1. The molecule has 0 aromatic heterocycles. The summed E-state index contributed by atoms with van der Waals surface area (Å²) in [5, 5.41) is 15.9. The number of phenolic OH excluding ortho intramolecular Hbond substituents is 1. The molecule has 7 heteroatoms. The summed E-state index contributed by atoms with van der Waals surface area (Å²) in [7, 11) is 0. The molecule has 0 fully saturated rings. The molecule has 5 N–H and O–H groups in total. The number of hydrogen-bond acceptors (Lipinski definition) is 6. The number of aromatic hydroxyl groups is 1. The summed E-state index contributed by atoms with van der Waals surface area (Å²) in [6.45, 7) is 0. The highest BCUT2D eigenvalue weighted by Gasteiger charge is 2.16. The molecule has 112 valence electrons. The van der Waals surface area contributed by atoms with E-state index in [1.165, 1.54) is 0 Å². The van der Waals surface area contributed by atoms with E-state index >= 15 is 0 Å². The van der Waals surface area contributed by atoms with Crippen LogP contribution in [0.4, 0.5) is 5.69 Å². The zero-order chi connectivity index (χ0) is 15.5. The summed E-state index contributed by atoms with van der Waals surface area (Å²) < 4.78 is 0. The first kappa shape index (κ1) is 14.2. The molecule has 2 aromatic carbocycles. The fraction of sp³-hybridized carbons (Fsp3) is 0.0667. The van der Waals surface area contributed by atoms with Crippen molar-refractivity contribution in [1.82, 2.24) is 5.32 Å². The van der Waals surface area contributed by atoms with Crippen LogP contribution >= 0.6 is 11.6 Å². The molecule has 0 unspecified atom stereocenters. The van der Waals surface area contributed by atoms with E-state index < -0.39 is 6.17 Å². The van der Waals surface area contributed by atoms with Gasteiger partial charge in [0.05, 0.1) is 0 Å². The van der Waals surface area contributed by atoms with Gasteiger partial charge in [0.25, 0.3) is 0 Å². The van der Waals surface area contributed by atoms with Gasteiger partial charge in [-0.3, -0.25) is 5.32 Å². The molecule has 2 aromatic rings. The van der Waals surface area contributed by atoms with Crippen molar-refractivity contribution in [2.75, 3.05) is 5.32 Å². The van der Waals surface area contributed by atoms with Gasteiger partial charge in [-0.25, -0.2) is 9.98 Å². The van der Waals surface area contributed by atoms with Crippen molar-refractivity contribution >= 4 is 29.2 Å². The van der Waals surface area contributed by atoms with Crippen LogP contribution in [0, 0.1) is 0 Å². The van der Waals surface area contributed by atoms with Gasteiger partial charge >= 0.3 is 0 Å². The second-order valence-electron chi connectivity index (χ2n) is 4.72. The Morgan fingerprint density at radius 1 is 1.14 bits per heavy atom. The van der Waals surface area contributed by atoms with Gasteiger partial charge in [-0.2, -0.15) is 0 Å². The van der Waals surface area contributed by atoms with Crippen LogP contribution in [0.3, 0.4) is 0 Å². The quantitative estimate of drug-likeness (QED) is 0.684. The molecule has 0 bridgehead atoms. The molecule has 0 aliphatic carbocycles. The SMILES string of the molecule is NC1=N[C@@H](c2ccc(O)cc2)N=C(Nc2cccc(Cl)c2)N1. The predicted molar refractivity (Wildman–Crippen MR) is 88.1 cm³/mol. The Kier molecular flexibility index (Phi) is 3.84. The third-order valence-corrected chi connectivity index (χ3v) is 3.27. The van der Waals surface area contributed by atoms with E-state index in [0.29, 0.717) is 11.0 Å². The fourth-order valence-electron chi connectivity index (χ4n) is 2.03. The topological polar surface area (TPSA) is 95.0 Å². The van der Waals surface area contributed by atoms with Crippen molar-refractivity contribution in [2.45, 2.75) is 6.17 Å². The highest BCUT2D eigenvalue weighted by molar-refractivity contribution is 6.30. The highest BCUT2D eigenvalue weighted by Crippen LogP contribution is 2.23. The first-order valence-electron chi connectivity index (χ1n) is 6.60. The van der Waals surface area contributed by atoms with Gasteiger partial charge in [0, 0.05) is 10.7 Å². The number of anilines is 1. The van der Waals surface area contributed by atoms with Gasteiger partial charge in [0.1, 0.15) is 5.75 Å². The summed E-state index contributed by atoms with van der Waals surface area (Å²) in [4.78, 5) is 8.70. The third kappa shape index (κ3) is 3.29. The van der Waals surface area contributed by atoms with E-state index in [9.17, 15) is 5.11 Å². The number of nitrogens with zero attached hydrogens (tertiary/aromatic N) is 2. The van der Waals surface area contributed by atoms with Crippen molar-refractivity contribution in [3.8, 4) is 5.75 Å². The molecule has 0 saturated carbocycles. The second-order valence-corrected chi connectivity index (χ2v) is 5.15. The zero-order valence-electron chi connectivity index (χ0n) is 11.5. The largest absolute Gasteiger partial charge is 0.508 e. The summed E-state index contributed by atoms with van der Waals surface area (Å²) in [6.07, 6.45) is -0.469. The molecule has 0 spiro atoms. The smallest absolute Gasteiger partial charge is 0.205 e. The number of guanidine groups is 2. The van der Waals surface area contributed by atoms with Crippen LogP contribution in [0.2, 0.25) is 5.02 Å². The minimum Gasteiger partial charge on any atom is -0.508 e. The van der Waals surface area contributed by atoms with Crippen LogP contribution in [0.15, 0.2) is 58.5 Å². The van der Waals surface area contributed by atoms with Gasteiger partial charge in [0.2, 0.25) is 5.96 Å². The molecule has 0 radical (unpaired) electrons. The van der Waals surface area contributed by atoms with Crippen LogP contribution < -0.4 is 16.4 Å². The Labute approximate surface area is 132 Å². The average Bonchev–Trinajstić information content (AvgIpc) is 2.47. The molecule has 6 nitrogen and oxygen atoms in total. The zero-order valence-corrected chi connectivity index (χ0v) is 12.2. The molecule has 0 amide bonds. The molecule has 3 rings (SSSR count). The minimum absolute atomic E-state index is 0.191. The van der Waals surface area contributed by atoms with E-state index in [1.54, 1.807) is 36.4 Å². The molecule has 22 heavy (non-hydrogen) atoms. The predicted octanol–water partition coefficient (Wildman–Crippen LogP) is 2.43. The van der Waals surface area contributed by atoms with Crippen molar-refractivity contribution in [3.63, 3.8) is 0 Å². The van der Waals surface area contributed by atoms with E-state index in [2.05, 4.69) is 20.6 Å². The number of benzene rings is 2. The lowest BCUT2D eigenvalue weighted by molar-refractivity contribution is 0.475. The van der Waals surface area contributed by atoms with E-state index in [0.717, 1.165) is 11.3 Å². The van der Waals surface area contributed by atoms with Crippen LogP contribution in [-0.2, 0) is 0 Å². The Morgan fingerprint density at radius 2 is 1.91 bits per heavy atom. The number of rotatable bonds is 2. The molecule has 1 aliphatic rings. The third-order valence-electron chi connectivity index (χ3n) is 3.04. The van der Waals surface area contributed by atoms with Crippen molar-refractivity contribution in [2.24, 2.45) is 15.7 Å². The van der Waals surface area contributed by atoms with Gasteiger partial charge in [-0.1, -0.05) is 29.8 Å². The average molecular weight is 316 g/mol. The van der Waals surface area contributed by atoms with Gasteiger partial charge in [0.15, 0.2) is 12.1 Å². The fourth-order valence-corrected chi connectivity index (χ4v) is 2.22. The number of aliphatic imine (C=N–C) groups is 2. The van der Waals surface area contributed by atoms with Crippen LogP contribution in [0.1, 0.15) is 11.7 Å². The van der Waals surface area contributed by atoms with E-state index in [1.807, 2.05) is 12.1 Å². The number of nitrogens with two attached hydrogens (primary N) is 1. The maximum absolute atomic E-state index is 9.35. The maximum atomic E-state index is 9.35. The van der Waals surface area contributed by atoms with Gasteiger partial charge < -0.3 is 16.2 Å². The molecule has 1 heterocycles. The van der Waals surface area contributed by atoms with Crippen LogP contribution in [0.5, 0.6) is 5.75 Å². The monoisotopic (exact) mass is 315 g/mol. The number of nitrogens with one attached hydrogen (secondary N) is 2. The van der Waals surface area contributed by atoms with Gasteiger partial charge in [-0.15, -0.1) is 0 Å². The minimum atomic E-state index is -0.469. The second kappa shape index (κ2) is 5.95. The number of halogens is 1. The Morgan fingerprint density at radius 3 is 2.64 bits per heavy atom. The number of hydrogen-bond donors (Lipinski definition) is 4. The lowest BCUT2D eigenvalue weighted by Gasteiger charge is -2.20. The van der Waals surface area contributed by atoms with E-state index in [-0.39, 0.29) is 11.7 Å². The summed E-state index contributed by atoms with van der Waals surface area (Å²) >= 11 is 5.96. The molecular formula is C15H14ClN5O. The van der Waals surface area contributed by atoms with Crippen molar-refractivity contribution in [3.05, 3.63) is 59.1 Å². The summed E-state index contributed by atoms with van der Waals surface area (Å²) in [6, 6.07) is 14.0. The Bertz CT molecular complexity index is 742. The van der Waals surface area contributed by atoms with Crippen molar-refractivity contribution < 1.29 is 5.11 Å². The Hall–Kier alpha value is -2.73. The first-order valence-corrected chi connectivity index (χ1v) is 6.97. The standard InChI is InChI=1S/C15H14ClN5O/c16-10-2-1-3-11(8-10)18-15-20-13(19-14(17)21-15)9-4-6-12(22)7-5-9/h1-8,13,22H,(H4,17,18,19,20,21)/t13-/m1/s1. The summed E-state index contributed by atoms with van der Waals surface area (Å²) in [5.74, 6) is 0.932. The molecule has 1 atom stereocenters. The normalized spacial score (nSPS) is 17.2. The maximum Gasteiger partial charge on any atom is 0.205 e. The number of phenols is 1. The molecule has 1 aliphatic heterocycles. The van der Waals surface area contributed by atoms with Crippen molar-refractivity contribution in [1.29, 1.82) is 0 Å². The van der Waals surface area contributed by atoms with E-state index in [4.69, 9.17) is 17.3 Å². The molecule has 0 saturated heterocycles. The summed E-state index contributed by atoms with van der Waals surface area (Å²) in [5.41, 5.74) is 7.43. The Balaban J connectivity index is 1.84. The van der Waals surface area contributed by atoms with Crippen LogP contribution in [0.25, 0.3) is 0 Å². The highest BCUT2D eigenvalue weighted by atomic mass is 35.5. The lowest BCUT2D eigenvalue weighted by Crippen LogP contribution is -2.43.